The number of aromatic nitrogens is 2. The van der Waals surface area contributed by atoms with Gasteiger partial charge in [-0.2, -0.15) is 0 Å². The number of anilines is 2. The van der Waals surface area contributed by atoms with Gasteiger partial charge in [-0.25, -0.2) is 4.98 Å². The fourth-order valence-electron chi connectivity index (χ4n) is 3.10. The minimum Gasteiger partial charge on any atom is -0.360 e. The number of aliphatic imine (C=N–C) groups is 1. The number of thiophene rings is 1. The zero-order valence-corrected chi connectivity index (χ0v) is 16.3. The van der Waals surface area contributed by atoms with Gasteiger partial charge in [0.05, 0.1) is 23.4 Å². The van der Waals surface area contributed by atoms with Crippen LogP contribution in [0.3, 0.4) is 0 Å². The Kier molecular flexibility index (Phi) is 5.47. The molecule has 1 aliphatic heterocycles. The third kappa shape index (κ3) is 3.89. The van der Waals surface area contributed by atoms with Crippen molar-refractivity contribution < 1.29 is 0 Å². The lowest BCUT2D eigenvalue weighted by molar-refractivity contribution is 0.373. The van der Waals surface area contributed by atoms with Gasteiger partial charge in [0.15, 0.2) is 5.96 Å². The molecule has 3 heterocycles. The van der Waals surface area contributed by atoms with E-state index in [1.54, 1.807) is 11.3 Å². The largest absolute Gasteiger partial charge is 0.360 e. The molecule has 25 heavy (non-hydrogen) atoms. The highest BCUT2D eigenvalue weighted by atomic mass is 32.1. The van der Waals surface area contributed by atoms with Crippen molar-refractivity contribution in [2.45, 2.75) is 6.54 Å². The molecule has 1 N–H and O–H groups in total. The number of hydrogen-bond acceptors (Lipinski definition) is 5. The second-order valence-corrected chi connectivity index (χ2v) is 7.26. The lowest BCUT2D eigenvalue weighted by atomic mass is 10.3. The second kappa shape index (κ2) is 7.77. The van der Waals surface area contributed by atoms with Crippen LogP contribution in [0.25, 0.3) is 0 Å². The van der Waals surface area contributed by atoms with Gasteiger partial charge in [0.1, 0.15) is 0 Å². The van der Waals surface area contributed by atoms with Gasteiger partial charge in [0.25, 0.3) is 0 Å². The minimum absolute atomic E-state index is 0.717. The highest BCUT2D eigenvalue weighted by molar-refractivity contribution is 7.14. The standard InChI is InChI=1S/C17H27N7S/c1-18-16(19-12-14-13-20-17(21(2)3)22(14)4)24-9-7-23(8-10-24)15-6-5-11-25-15/h5-6,11,13H,7-10,12H2,1-4H3,(H,18,19). The van der Waals surface area contributed by atoms with Crippen LogP contribution in [0.5, 0.6) is 0 Å². The number of guanidine groups is 1. The minimum atomic E-state index is 0.717. The normalized spacial score (nSPS) is 15.6. The highest BCUT2D eigenvalue weighted by Crippen LogP contribution is 2.22. The van der Waals surface area contributed by atoms with Gasteiger partial charge in [0.2, 0.25) is 5.95 Å². The number of hydrogen-bond donors (Lipinski definition) is 1. The molecule has 0 spiro atoms. The molecule has 0 aliphatic carbocycles. The Morgan fingerprint density at radius 3 is 2.64 bits per heavy atom. The fraction of sp³-hybridized carbons (Fsp3) is 0.529. The van der Waals surface area contributed by atoms with Crippen LogP contribution in [0.1, 0.15) is 5.69 Å². The Hall–Kier alpha value is -2.22. The molecule has 136 valence electrons. The van der Waals surface area contributed by atoms with E-state index in [4.69, 9.17) is 0 Å². The third-order valence-electron chi connectivity index (χ3n) is 4.50. The van der Waals surface area contributed by atoms with E-state index in [1.165, 1.54) is 5.00 Å². The van der Waals surface area contributed by atoms with Crippen LogP contribution >= 0.6 is 11.3 Å². The number of rotatable bonds is 4. The predicted octanol–water partition coefficient (Wildman–Crippen LogP) is 1.45. The molecule has 1 aliphatic rings. The fourth-order valence-corrected chi connectivity index (χ4v) is 3.89. The van der Waals surface area contributed by atoms with Gasteiger partial charge in [-0.05, 0) is 17.5 Å². The summed E-state index contributed by atoms with van der Waals surface area (Å²) in [7, 11) is 7.90. The zero-order valence-electron chi connectivity index (χ0n) is 15.4. The maximum absolute atomic E-state index is 4.46. The van der Waals surface area contributed by atoms with Crippen LogP contribution < -0.4 is 15.1 Å². The van der Waals surface area contributed by atoms with Gasteiger partial charge in [0, 0.05) is 54.4 Å². The van der Waals surface area contributed by atoms with E-state index in [2.05, 4.69) is 47.2 Å². The number of imidazole rings is 1. The molecule has 1 saturated heterocycles. The average Bonchev–Trinajstić information content (AvgIpc) is 3.26. The topological polar surface area (TPSA) is 51.9 Å². The zero-order chi connectivity index (χ0) is 17.8. The van der Waals surface area contributed by atoms with E-state index < -0.39 is 0 Å². The number of nitrogens with one attached hydrogen (secondary N) is 1. The molecular weight excluding hydrogens is 334 g/mol. The molecular formula is C17H27N7S. The molecule has 0 saturated carbocycles. The molecule has 0 radical (unpaired) electrons. The van der Waals surface area contributed by atoms with Crippen LogP contribution in [-0.2, 0) is 13.6 Å². The van der Waals surface area contributed by atoms with Gasteiger partial charge < -0.3 is 24.6 Å². The third-order valence-corrected chi connectivity index (χ3v) is 5.43. The molecule has 0 amide bonds. The maximum atomic E-state index is 4.46. The van der Waals surface area contributed by atoms with Crippen LogP contribution in [0, 0.1) is 0 Å². The first-order valence-corrected chi connectivity index (χ1v) is 9.40. The lowest BCUT2D eigenvalue weighted by Gasteiger charge is -2.37. The lowest BCUT2D eigenvalue weighted by Crippen LogP contribution is -2.52. The van der Waals surface area contributed by atoms with Crippen molar-refractivity contribution in [1.82, 2.24) is 19.8 Å². The number of nitrogens with zero attached hydrogens (tertiary/aromatic N) is 6. The molecule has 7 nitrogen and oxygen atoms in total. The van der Waals surface area contributed by atoms with E-state index in [1.807, 2.05) is 39.3 Å². The SMILES string of the molecule is CN=C(NCc1cnc(N(C)C)n1C)N1CCN(c2cccs2)CC1. The van der Waals surface area contributed by atoms with Crippen molar-refractivity contribution in [2.75, 3.05) is 57.1 Å². The number of piperazine rings is 1. The van der Waals surface area contributed by atoms with Crippen LogP contribution in [0.2, 0.25) is 0 Å². The summed E-state index contributed by atoms with van der Waals surface area (Å²) in [5.74, 6) is 1.91. The van der Waals surface area contributed by atoms with Gasteiger partial charge in [-0.15, -0.1) is 11.3 Å². The first kappa shape index (κ1) is 17.6. The molecule has 0 bridgehead atoms. The van der Waals surface area contributed by atoms with Crippen LogP contribution in [0.15, 0.2) is 28.7 Å². The summed E-state index contributed by atoms with van der Waals surface area (Å²) in [6.45, 7) is 4.72. The summed E-state index contributed by atoms with van der Waals surface area (Å²) in [5, 5.41) is 6.97. The van der Waals surface area contributed by atoms with Crippen molar-refractivity contribution in [3.05, 3.63) is 29.4 Å². The summed E-state index contributed by atoms with van der Waals surface area (Å²) in [6.07, 6.45) is 1.92. The molecule has 8 heteroatoms. The van der Waals surface area contributed by atoms with Crippen LogP contribution in [0.4, 0.5) is 10.9 Å². The summed E-state index contributed by atoms with van der Waals surface area (Å²) in [4.78, 5) is 15.7. The van der Waals surface area contributed by atoms with Crippen molar-refractivity contribution in [3.8, 4) is 0 Å². The Balaban J connectivity index is 1.55. The summed E-state index contributed by atoms with van der Waals surface area (Å²) < 4.78 is 2.11. The van der Waals surface area contributed by atoms with E-state index in [9.17, 15) is 0 Å². The van der Waals surface area contributed by atoms with Gasteiger partial charge in [-0.3, -0.25) is 4.99 Å². The first-order valence-electron chi connectivity index (χ1n) is 8.52. The molecule has 2 aromatic heterocycles. The summed E-state index contributed by atoms with van der Waals surface area (Å²) in [6, 6.07) is 4.31. The first-order chi connectivity index (χ1) is 12.1. The molecule has 0 unspecified atom stereocenters. The predicted molar refractivity (Wildman–Crippen MR) is 106 cm³/mol. The maximum Gasteiger partial charge on any atom is 0.204 e. The van der Waals surface area contributed by atoms with Gasteiger partial charge >= 0.3 is 0 Å². The van der Waals surface area contributed by atoms with Crippen molar-refractivity contribution in [2.24, 2.45) is 12.0 Å². The Bertz CT molecular complexity index is 697. The molecule has 0 atom stereocenters. The molecule has 0 aromatic carbocycles. The Morgan fingerprint density at radius 1 is 1.32 bits per heavy atom. The van der Waals surface area contributed by atoms with Crippen molar-refractivity contribution in [1.29, 1.82) is 0 Å². The van der Waals surface area contributed by atoms with E-state index >= 15 is 0 Å². The van der Waals surface area contributed by atoms with E-state index in [0.717, 1.165) is 50.3 Å². The highest BCUT2D eigenvalue weighted by Gasteiger charge is 2.20. The van der Waals surface area contributed by atoms with Crippen molar-refractivity contribution >= 4 is 28.2 Å². The second-order valence-electron chi connectivity index (χ2n) is 6.33. The van der Waals surface area contributed by atoms with Crippen molar-refractivity contribution in [3.63, 3.8) is 0 Å². The Labute approximate surface area is 153 Å². The van der Waals surface area contributed by atoms with E-state index in [0.29, 0.717) is 0 Å². The monoisotopic (exact) mass is 361 g/mol. The van der Waals surface area contributed by atoms with E-state index in [-0.39, 0.29) is 0 Å². The average molecular weight is 362 g/mol. The quantitative estimate of drug-likeness (QED) is 0.660. The smallest absolute Gasteiger partial charge is 0.204 e. The molecule has 3 rings (SSSR count). The summed E-state index contributed by atoms with van der Waals surface area (Å²) >= 11 is 1.81. The molecule has 2 aromatic rings. The molecule has 1 fully saturated rings. The van der Waals surface area contributed by atoms with Crippen LogP contribution in [-0.4, -0.2) is 67.7 Å². The van der Waals surface area contributed by atoms with Gasteiger partial charge in [-0.1, -0.05) is 0 Å². The Morgan fingerprint density at radius 2 is 2.08 bits per heavy atom. The summed E-state index contributed by atoms with van der Waals surface area (Å²) in [5.41, 5.74) is 1.14.